The van der Waals surface area contributed by atoms with Crippen molar-refractivity contribution in [2.24, 2.45) is 5.73 Å². The molecule has 1 atom stereocenters. The first-order valence-electron chi connectivity index (χ1n) is 5.68. The van der Waals surface area contributed by atoms with Crippen LogP contribution in [0.3, 0.4) is 0 Å². The van der Waals surface area contributed by atoms with Crippen molar-refractivity contribution in [2.45, 2.75) is 18.1 Å². The van der Waals surface area contributed by atoms with Gasteiger partial charge in [-0.3, -0.25) is 9.36 Å². The quantitative estimate of drug-likeness (QED) is 0.589. The van der Waals surface area contributed by atoms with Gasteiger partial charge in [-0.05, 0) is 17.5 Å². The van der Waals surface area contributed by atoms with E-state index >= 15 is 0 Å². The summed E-state index contributed by atoms with van der Waals surface area (Å²) in [4.78, 5) is 28.1. The lowest BCUT2D eigenvalue weighted by molar-refractivity contribution is -0.138. The van der Waals surface area contributed by atoms with Crippen LogP contribution < -0.4 is 5.73 Å². The number of nitrogens with two attached hydrogens (primary N) is 1. The summed E-state index contributed by atoms with van der Waals surface area (Å²) in [5.41, 5.74) is 0.244. The molecule has 0 aliphatic carbocycles. The maximum absolute atomic E-state index is 13.7. The maximum Gasteiger partial charge on any atom is 0.399 e. The van der Waals surface area contributed by atoms with E-state index in [0.29, 0.717) is 5.56 Å². The molecule has 9 heteroatoms. The molecule has 1 unspecified atom stereocenters. The maximum atomic E-state index is 13.7. The molecule has 0 aliphatic heterocycles. The highest BCUT2D eigenvalue weighted by Crippen LogP contribution is 2.59. The summed E-state index contributed by atoms with van der Waals surface area (Å²) >= 11 is 0. The van der Waals surface area contributed by atoms with Crippen molar-refractivity contribution >= 4 is 19.6 Å². The molecule has 0 radical (unpaired) electrons. The highest BCUT2D eigenvalue weighted by atomic mass is 31.2. The van der Waals surface area contributed by atoms with E-state index in [1.54, 1.807) is 0 Å². The molecular weight excluding hydrogens is 307 g/mol. The van der Waals surface area contributed by atoms with Gasteiger partial charge in [-0.15, -0.1) is 0 Å². The van der Waals surface area contributed by atoms with Crippen LogP contribution in [-0.2, 0) is 21.4 Å². The van der Waals surface area contributed by atoms with Gasteiger partial charge in [0.15, 0.2) is 0 Å². The Balaban J connectivity index is 3.25. The summed E-state index contributed by atoms with van der Waals surface area (Å²) in [6.45, 7) is 3.31. The topological polar surface area (TPSA) is 121 Å². The van der Waals surface area contributed by atoms with Crippen LogP contribution in [0.1, 0.15) is 16.7 Å². The van der Waals surface area contributed by atoms with Crippen molar-refractivity contribution < 1.29 is 33.0 Å². The number of aliphatic carboxylic acids is 1. The second-order valence-electron chi connectivity index (χ2n) is 4.36. The SMILES string of the molecule is C=Cc1cc(CC(N)C(=O)O)ccc1C(F)(F)P(=O)(O)O. The first kappa shape index (κ1) is 17.5. The molecular formula is C12H14F2NO5P. The molecule has 0 aromatic heterocycles. The fourth-order valence-electron chi connectivity index (χ4n) is 1.68. The third-order valence-corrected chi connectivity index (χ3v) is 3.77. The molecule has 116 valence electrons. The molecule has 0 saturated carbocycles. The molecule has 0 fully saturated rings. The fraction of sp³-hybridized carbons (Fsp3) is 0.250. The van der Waals surface area contributed by atoms with Gasteiger partial charge >= 0.3 is 19.2 Å². The van der Waals surface area contributed by atoms with E-state index in [1.807, 2.05) is 0 Å². The van der Waals surface area contributed by atoms with Crippen molar-refractivity contribution in [3.63, 3.8) is 0 Å². The van der Waals surface area contributed by atoms with E-state index in [9.17, 15) is 18.1 Å². The molecule has 5 N–H and O–H groups in total. The summed E-state index contributed by atoms with van der Waals surface area (Å²) in [7, 11) is -5.69. The fourth-order valence-corrected chi connectivity index (χ4v) is 2.20. The smallest absolute Gasteiger partial charge is 0.399 e. The number of carbonyl (C=O) groups is 1. The summed E-state index contributed by atoms with van der Waals surface area (Å²) in [5, 5.41) is 8.69. The average molecular weight is 321 g/mol. The number of benzene rings is 1. The minimum atomic E-state index is -5.69. The monoisotopic (exact) mass is 321 g/mol. The summed E-state index contributed by atoms with van der Waals surface area (Å²) in [5.74, 6) is -1.25. The van der Waals surface area contributed by atoms with E-state index in [-0.39, 0.29) is 12.0 Å². The predicted molar refractivity (Wildman–Crippen MR) is 71.8 cm³/mol. The summed E-state index contributed by atoms with van der Waals surface area (Å²) < 4.78 is 38.3. The lowest BCUT2D eigenvalue weighted by Crippen LogP contribution is -2.32. The largest absolute Gasteiger partial charge is 0.480 e. The van der Waals surface area contributed by atoms with Crippen molar-refractivity contribution in [3.8, 4) is 0 Å². The molecule has 1 aromatic rings. The number of alkyl halides is 2. The van der Waals surface area contributed by atoms with Gasteiger partial charge in [0.05, 0.1) is 0 Å². The van der Waals surface area contributed by atoms with E-state index in [1.165, 1.54) is 6.07 Å². The Hall–Kier alpha value is -1.60. The number of carboxylic acids is 1. The first-order valence-corrected chi connectivity index (χ1v) is 7.29. The Morgan fingerprint density at radius 2 is 2.05 bits per heavy atom. The highest BCUT2D eigenvalue weighted by molar-refractivity contribution is 7.52. The number of hydrogen-bond acceptors (Lipinski definition) is 3. The Kier molecular flexibility index (Phi) is 5.01. The molecule has 0 aliphatic rings. The molecule has 1 aromatic carbocycles. The Labute approximate surface area is 119 Å². The predicted octanol–water partition coefficient (Wildman–Crippen LogP) is 1.51. The molecule has 0 bridgehead atoms. The van der Waals surface area contributed by atoms with Gasteiger partial charge in [0.2, 0.25) is 0 Å². The normalized spacial score (nSPS) is 13.8. The second-order valence-corrected chi connectivity index (χ2v) is 6.01. The van der Waals surface area contributed by atoms with Gasteiger partial charge in [0, 0.05) is 5.56 Å². The van der Waals surface area contributed by atoms with Crippen LogP contribution in [0.5, 0.6) is 0 Å². The highest BCUT2D eigenvalue weighted by Gasteiger charge is 2.51. The molecule has 0 spiro atoms. The van der Waals surface area contributed by atoms with Gasteiger partial charge in [-0.2, -0.15) is 8.78 Å². The van der Waals surface area contributed by atoms with Crippen molar-refractivity contribution in [1.82, 2.24) is 0 Å². The van der Waals surface area contributed by atoms with Crippen molar-refractivity contribution in [3.05, 3.63) is 41.5 Å². The van der Waals surface area contributed by atoms with E-state index < -0.39 is 30.8 Å². The van der Waals surface area contributed by atoms with Crippen LogP contribution in [0.4, 0.5) is 8.78 Å². The van der Waals surface area contributed by atoms with Crippen LogP contribution >= 0.6 is 7.60 Å². The van der Waals surface area contributed by atoms with Crippen LogP contribution in [0.15, 0.2) is 24.8 Å². The number of hydrogen-bond donors (Lipinski definition) is 4. The van der Waals surface area contributed by atoms with Crippen molar-refractivity contribution in [2.75, 3.05) is 0 Å². The summed E-state index contributed by atoms with van der Waals surface area (Å²) in [6, 6.07) is 1.94. The third kappa shape index (κ3) is 3.74. The van der Waals surface area contributed by atoms with Gasteiger partial charge in [0.1, 0.15) is 6.04 Å². The van der Waals surface area contributed by atoms with Crippen LogP contribution in [0.2, 0.25) is 0 Å². The average Bonchev–Trinajstić information content (AvgIpc) is 2.36. The zero-order chi connectivity index (χ0) is 16.4. The zero-order valence-electron chi connectivity index (χ0n) is 10.7. The zero-order valence-corrected chi connectivity index (χ0v) is 11.6. The Morgan fingerprint density at radius 3 is 2.48 bits per heavy atom. The Bertz CT molecular complexity index is 614. The van der Waals surface area contributed by atoms with Crippen LogP contribution in [0, 0.1) is 0 Å². The van der Waals surface area contributed by atoms with Crippen LogP contribution in [-0.4, -0.2) is 26.9 Å². The van der Waals surface area contributed by atoms with E-state index in [2.05, 4.69) is 6.58 Å². The van der Waals surface area contributed by atoms with Gasteiger partial charge in [-0.25, -0.2) is 0 Å². The van der Waals surface area contributed by atoms with Gasteiger partial charge in [-0.1, -0.05) is 30.9 Å². The molecule has 0 heterocycles. The standard InChI is InChI=1S/C12H14F2NO5P/c1-2-8-5-7(6-10(15)11(16)17)3-4-9(8)12(13,14)21(18,19)20/h2-5,10H,1,6,15H2,(H,16,17)(H2,18,19,20). The Morgan fingerprint density at radius 1 is 1.48 bits per heavy atom. The second kappa shape index (κ2) is 6.03. The van der Waals surface area contributed by atoms with E-state index in [4.69, 9.17) is 20.6 Å². The van der Waals surface area contributed by atoms with Gasteiger partial charge < -0.3 is 20.6 Å². The lowest BCUT2D eigenvalue weighted by Gasteiger charge is -2.20. The third-order valence-electron chi connectivity index (χ3n) is 2.80. The first-order chi connectivity index (χ1) is 9.50. The molecule has 21 heavy (non-hydrogen) atoms. The lowest BCUT2D eigenvalue weighted by atomic mass is 9.99. The number of halogens is 2. The van der Waals surface area contributed by atoms with Crippen LogP contribution in [0.25, 0.3) is 6.08 Å². The molecule has 0 saturated heterocycles. The number of rotatable bonds is 6. The molecule has 6 nitrogen and oxygen atoms in total. The van der Waals surface area contributed by atoms with Gasteiger partial charge in [0.25, 0.3) is 0 Å². The number of carboxylic acid groups (broad SMARTS) is 1. The minimum absolute atomic E-state index is 0.113. The summed E-state index contributed by atoms with van der Waals surface area (Å²) in [6.07, 6.45) is 0.895. The molecule has 1 rings (SSSR count). The minimum Gasteiger partial charge on any atom is -0.480 e. The molecule has 0 amide bonds. The van der Waals surface area contributed by atoms with Crippen molar-refractivity contribution in [1.29, 1.82) is 0 Å². The van der Waals surface area contributed by atoms with E-state index in [0.717, 1.165) is 18.2 Å².